The van der Waals surface area contributed by atoms with Crippen molar-refractivity contribution in [3.63, 3.8) is 0 Å². The quantitative estimate of drug-likeness (QED) is 0.293. The van der Waals surface area contributed by atoms with Gasteiger partial charge in [0.25, 0.3) is 0 Å². The molecule has 0 radical (unpaired) electrons. The van der Waals surface area contributed by atoms with Crippen molar-refractivity contribution in [3.8, 4) is 0 Å². The summed E-state index contributed by atoms with van der Waals surface area (Å²) in [6.45, 7) is 2.84. The Hall–Kier alpha value is -1.50. The van der Waals surface area contributed by atoms with Crippen LogP contribution in [0.5, 0.6) is 0 Å². The Morgan fingerprint density at radius 3 is 2.45 bits per heavy atom. The van der Waals surface area contributed by atoms with Gasteiger partial charge in [-0.05, 0) is 50.4 Å². The molecule has 2 fully saturated rings. The van der Waals surface area contributed by atoms with Crippen LogP contribution in [0.4, 0.5) is 0 Å². The number of fused-ring (bicyclic) bond motifs is 2. The highest BCUT2D eigenvalue weighted by atomic mass is 32.2. The molecule has 2 aliphatic rings. The van der Waals surface area contributed by atoms with Crippen LogP contribution in [0.15, 0.2) is 12.2 Å². The van der Waals surface area contributed by atoms with E-state index in [9.17, 15) is 14.4 Å². The SMILES string of the molecule is CCCCCC(=O)NCC(=O)NC[C@H]1[C@@H](C/C=C\CCCC(=O)O)[C@H]2CC[C@@H]1S2. The van der Waals surface area contributed by atoms with Crippen molar-refractivity contribution in [1.82, 2.24) is 10.6 Å². The Labute approximate surface area is 178 Å². The fourth-order valence-corrected chi connectivity index (χ4v) is 6.33. The Morgan fingerprint density at radius 2 is 1.72 bits per heavy atom. The third-order valence-electron chi connectivity index (χ3n) is 5.92. The first-order valence-corrected chi connectivity index (χ1v) is 12.0. The summed E-state index contributed by atoms with van der Waals surface area (Å²) in [5.41, 5.74) is 0. The van der Waals surface area contributed by atoms with Crippen molar-refractivity contribution in [2.24, 2.45) is 11.8 Å². The molecule has 0 aromatic carbocycles. The van der Waals surface area contributed by atoms with Gasteiger partial charge >= 0.3 is 5.97 Å². The molecule has 2 bridgehead atoms. The van der Waals surface area contributed by atoms with Gasteiger partial charge in [0.05, 0.1) is 6.54 Å². The van der Waals surface area contributed by atoms with Gasteiger partial charge in [0, 0.05) is 29.9 Å². The molecule has 3 N–H and O–H groups in total. The normalized spacial score (nSPS) is 25.4. The summed E-state index contributed by atoms with van der Waals surface area (Å²) in [6, 6.07) is 0. The fourth-order valence-electron chi connectivity index (χ4n) is 4.32. The van der Waals surface area contributed by atoms with Crippen LogP contribution in [-0.2, 0) is 14.4 Å². The molecule has 2 saturated heterocycles. The molecule has 2 amide bonds. The molecular weight excluding hydrogens is 388 g/mol. The van der Waals surface area contributed by atoms with Crippen LogP contribution >= 0.6 is 11.8 Å². The van der Waals surface area contributed by atoms with E-state index in [4.69, 9.17) is 5.11 Å². The highest BCUT2D eigenvalue weighted by Crippen LogP contribution is 2.54. The van der Waals surface area contributed by atoms with Crippen molar-refractivity contribution in [2.75, 3.05) is 13.1 Å². The molecule has 164 valence electrons. The van der Waals surface area contributed by atoms with Gasteiger partial charge < -0.3 is 15.7 Å². The second-order valence-corrected chi connectivity index (χ2v) is 9.63. The lowest BCUT2D eigenvalue weighted by Gasteiger charge is -2.29. The zero-order valence-electron chi connectivity index (χ0n) is 17.5. The number of carbonyl (C=O) groups excluding carboxylic acids is 2. The van der Waals surface area contributed by atoms with E-state index in [2.05, 4.69) is 41.5 Å². The minimum absolute atomic E-state index is 0.0463. The largest absolute Gasteiger partial charge is 0.481 e. The minimum atomic E-state index is -0.740. The van der Waals surface area contributed by atoms with E-state index >= 15 is 0 Å². The van der Waals surface area contributed by atoms with Crippen LogP contribution in [-0.4, -0.2) is 46.5 Å². The number of carboxylic acid groups (broad SMARTS) is 1. The van der Waals surface area contributed by atoms with Gasteiger partial charge in [-0.25, -0.2) is 0 Å². The highest BCUT2D eigenvalue weighted by Gasteiger charge is 2.47. The number of hydrogen-bond donors (Lipinski definition) is 3. The number of hydrogen-bond acceptors (Lipinski definition) is 4. The van der Waals surface area contributed by atoms with E-state index in [1.807, 2.05) is 0 Å². The Bertz CT molecular complexity index is 581. The molecule has 0 aromatic rings. The van der Waals surface area contributed by atoms with Gasteiger partial charge in [-0.3, -0.25) is 14.4 Å². The molecule has 0 saturated carbocycles. The molecule has 2 heterocycles. The van der Waals surface area contributed by atoms with Crippen LogP contribution < -0.4 is 10.6 Å². The predicted octanol–water partition coefficient (Wildman–Crippen LogP) is 3.51. The second kappa shape index (κ2) is 12.9. The first-order valence-electron chi connectivity index (χ1n) is 11.1. The minimum Gasteiger partial charge on any atom is -0.481 e. The third-order valence-corrected chi connectivity index (χ3v) is 7.78. The van der Waals surface area contributed by atoms with E-state index in [0.717, 1.165) is 32.1 Å². The van der Waals surface area contributed by atoms with Crippen LogP contribution in [0.3, 0.4) is 0 Å². The third kappa shape index (κ3) is 8.41. The summed E-state index contributed by atoms with van der Waals surface area (Å²) in [7, 11) is 0. The topological polar surface area (TPSA) is 95.5 Å². The predicted molar refractivity (Wildman–Crippen MR) is 117 cm³/mol. The maximum atomic E-state index is 12.1. The number of unbranched alkanes of at least 4 members (excludes halogenated alkanes) is 3. The second-order valence-electron chi connectivity index (χ2n) is 8.15. The zero-order valence-corrected chi connectivity index (χ0v) is 18.3. The van der Waals surface area contributed by atoms with Crippen LogP contribution in [0.25, 0.3) is 0 Å². The van der Waals surface area contributed by atoms with Gasteiger partial charge in [0.15, 0.2) is 0 Å². The molecule has 0 unspecified atom stereocenters. The monoisotopic (exact) mass is 424 g/mol. The van der Waals surface area contributed by atoms with E-state index in [0.29, 0.717) is 41.7 Å². The maximum absolute atomic E-state index is 12.1. The smallest absolute Gasteiger partial charge is 0.303 e. The summed E-state index contributed by atoms with van der Waals surface area (Å²) >= 11 is 2.07. The van der Waals surface area contributed by atoms with Crippen molar-refractivity contribution >= 4 is 29.5 Å². The summed E-state index contributed by atoms with van der Waals surface area (Å²) in [5, 5.41) is 15.7. The molecular formula is C22H36N2O4S. The van der Waals surface area contributed by atoms with Crippen LogP contribution in [0.2, 0.25) is 0 Å². The van der Waals surface area contributed by atoms with Crippen molar-refractivity contribution < 1.29 is 19.5 Å². The van der Waals surface area contributed by atoms with Crippen molar-refractivity contribution in [1.29, 1.82) is 0 Å². The molecule has 29 heavy (non-hydrogen) atoms. The van der Waals surface area contributed by atoms with E-state index in [-0.39, 0.29) is 24.8 Å². The molecule has 0 aliphatic carbocycles. The van der Waals surface area contributed by atoms with Gasteiger partial charge in [0.1, 0.15) is 0 Å². The van der Waals surface area contributed by atoms with Crippen molar-refractivity contribution in [3.05, 3.63) is 12.2 Å². The van der Waals surface area contributed by atoms with Gasteiger partial charge in [-0.1, -0.05) is 31.9 Å². The lowest BCUT2D eigenvalue weighted by Crippen LogP contribution is -2.42. The molecule has 2 aliphatic heterocycles. The number of aliphatic carboxylic acids is 1. The standard InChI is InChI=1S/C22H36N2O4S/c1-2-3-6-10-20(25)24-15-21(26)23-14-17-16(18-12-13-19(17)29-18)9-7-4-5-8-11-22(27)28/h4,7,16-19H,2-3,5-6,8-15H2,1H3,(H,23,26)(H,24,25)(H,27,28)/b7-4-/t16-,17+,18-,19+/m1/s1. The number of carbonyl (C=O) groups is 3. The van der Waals surface area contributed by atoms with Gasteiger partial charge in [-0.2, -0.15) is 11.8 Å². The summed E-state index contributed by atoms with van der Waals surface area (Å²) in [4.78, 5) is 34.4. The molecule has 0 aromatic heterocycles. The van der Waals surface area contributed by atoms with E-state index < -0.39 is 5.97 Å². The zero-order chi connectivity index (χ0) is 21.1. The van der Waals surface area contributed by atoms with E-state index in [1.54, 1.807) is 0 Å². The molecule has 4 atom stereocenters. The summed E-state index contributed by atoms with van der Waals surface area (Å²) in [5.74, 6) is 0.153. The number of nitrogens with one attached hydrogen (secondary N) is 2. The summed E-state index contributed by atoms with van der Waals surface area (Å²) in [6.07, 6.45) is 13.0. The fraction of sp³-hybridized carbons (Fsp3) is 0.773. The Balaban J connectivity index is 1.68. The molecule has 6 nitrogen and oxygen atoms in total. The molecule has 7 heteroatoms. The van der Waals surface area contributed by atoms with Gasteiger partial charge in [0.2, 0.25) is 11.8 Å². The lowest BCUT2D eigenvalue weighted by atomic mass is 9.77. The number of rotatable bonds is 14. The molecule has 0 spiro atoms. The van der Waals surface area contributed by atoms with Crippen molar-refractivity contribution in [2.45, 2.75) is 81.6 Å². The number of amides is 2. The highest BCUT2D eigenvalue weighted by molar-refractivity contribution is 8.01. The van der Waals surface area contributed by atoms with Gasteiger partial charge in [-0.15, -0.1) is 0 Å². The van der Waals surface area contributed by atoms with Crippen LogP contribution in [0, 0.1) is 11.8 Å². The Kier molecular flexibility index (Phi) is 10.6. The number of carboxylic acids is 1. The average molecular weight is 425 g/mol. The van der Waals surface area contributed by atoms with Crippen LogP contribution in [0.1, 0.15) is 71.1 Å². The molecule has 2 rings (SSSR count). The number of allylic oxidation sites excluding steroid dienone is 2. The first-order chi connectivity index (χ1) is 14.0. The Morgan fingerprint density at radius 1 is 0.966 bits per heavy atom. The first kappa shape index (κ1) is 23.8. The summed E-state index contributed by atoms with van der Waals surface area (Å²) < 4.78 is 0. The number of thioether (sulfide) groups is 1. The average Bonchev–Trinajstić information content (AvgIpc) is 3.29. The van der Waals surface area contributed by atoms with E-state index in [1.165, 1.54) is 12.8 Å². The maximum Gasteiger partial charge on any atom is 0.303 e. The lowest BCUT2D eigenvalue weighted by molar-refractivity contribution is -0.137.